The molecule has 0 bridgehead atoms. The molecule has 1 rings (SSSR count). The molecule has 1 aromatic rings. The number of aromatic amines is 1. The normalized spacial score (nSPS) is 11.3. The van der Waals surface area contributed by atoms with Crippen molar-refractivity contribution in [2.24, 2.45) is 0 Å². The quantitative estimate of drug-likeness (QED) is 0.562. The number of H-pyrrole nitrogens is 1. The number of carbonyl (C=O) groups excluding carboxylic acids is 1. The van der Waals surface area contributed by atoms with Gasteiger partial charge < -0.3 is 4.98 Å². The number of hydrogen-bond donors (Lipinski definition) is 1. The number of aromatic nitrogens is 1. The lowest BCUT2D eigenvalue weighted by molar-refractivity contribution is -0.301. The Bertz CT molecular complexity index is 272. The second-order valence-electron chi connectivity index (χ2n) is 3.65. The summed E-state index contributed by atoms with van der Waals surface area (Å²) in [6.45, 7) is 5.40. The number of nitrogens with one attached hydrogen (secondary N) is 1. The molecular formula is C9H13NO3. The maximum Gasteiger partial charge on any atom is 0.389 e. The SMILES string of the molecule is CC(C)(C)OOC(=O)c1ccc[nH]1. The molecule has 0 unspecified atom stereocenters. The average Bonchev–Trinajstić information content (AvgIpc) is 2.50. The van der Waals surface area contributed by atoms with E-state index in [0.717, 1.165) is 0 Å². The van der Waals surface area contributed by atoms with Gasteiger partial charge in [0.05, 0.1) is 0 Å². The summed E-state index contributed by atoms with van der Waals surface area (Å²) in [4.78, 5) is 23.3. The van der Waals surface area contributed by atoms with Gasteiger partial charge in [-0.1, -0.05) is 0 Å². The molecule has 0 aliphatic rings. The van der Waals surface area contributed by atoms with E-state index in [4.69, 9.17) is 4.89 Å². The van der Waals surface area contributed by atoms with Crippen LogP contribution in [0, 0.1) is 0 Å². The van der Waals surface area contributed by atoms with E-state index in [2.05, 4.69) is 9.87 Å². The van der Waals surface area contributed by atoms with Gasteiger partial charge in [-0.25, -0.2) is 4.79 Å². The lowest BCUT2D eigenvalue weighted by Crippen LogP contribution is -2.22. The molecule has 0 aliphatic carbocycles. The summed E-state index contributed by atoms with van der Waals surface area (Å²) >= 11 is 0. The molecule has 4 nitrogen and oxygen atoms in total. The first kappa shape index (κ1) is 9.80. The standard InChI is InChI=1S/C9H13NO3/c1-9(2,3)13-12-8(11)7-5-4-6-10-7/h4-6,10H,1-3H3. The van der Waals surface area contributed by atoms with Crippen LogP contribution in [0.15, 0.2) is 18.3 Å². The van der Waals surface area contributed by atoms with Crippen LogP contribution in [-0.4, -0.2) is 16.6 Å². The molecule has 0 atom stereocenters. The highest BCUT2D eigenvalue weighted by molar-refractivity contribution is 5.86. The second kappa shape index (κ2) is 3.62. The molecule has 1 aromatic heterocycles. The van der Waals surface area contributed by atoms with Crippen LogP contribution in [0.2, 0.25) is 0 Å². The minimum atomic E-state index is -0.514. The largest absolute Gasteiger partial charge is 0.389 e. The van der Waals surface area contributed by atoms with Crippen LogP contribution in [-0.2, 0) is 9.78 Å². The van der Waals surface area contributed by atoms with E-state index < -0.39 is 11.6 Å². The van der Waals surface area contributed by atoms with Crippen LogP contribution in [0.5, 0.6) is 0 Å². The molecule has 0 amide bonds. The Hall–Kier alpha value is -1.29. The number of carbonyl (C=O) groups is 1. The maximum atomic E-state index is 11.2. The molecule has 0 aromatic carbocycles. The van der Waals surface area contributed by atoms with Gasteiger partial charge in [-0.3, -0.25) is 4.89 Å². The van der Waals surface area contributed by atoms with Crippen LogP contribution < -0.4 is 0 Å². The minimum Gasteiger partial charge on any atom is -0.356 e. The molecule has 1 heterocycles. The summed E-state index contributed by atoms with van der Waals surface area (Å²) in [5.41, 5.74) is -0.105. The van der Waals surface area contributed by atoms with Crippen LogP contribution in [0.4, 0.5) is 0 Å². The average molecular weight is 183 g/mol. The molecule has 0 saturated carbocycles. The summed E-state index contributed by atoms with van der Waals surface area (Å²) in [7, 11) is 0. The first-order valence-corrected chi connectivity index (χ1v) is 4.02. The van der Waals surface area contributed by atoms with Crippen molar-refractivity contribution in [1.82, 2.24) is 4.98 Å². The molecule has 13 heavy (non-hydrogen) atoms. The van der Waals surface area contributed by atoms with Crippen LogP contribution in [0.3, 0.4) is 0 Å². The minimum absolute atomic E-state index is 0.379. The molecule has 1 N–H and O–H groups in total. The molecule has 0 radical (unpaired) electrons. The zero-order valence-corrected chi connectivity index (χ0v) is 7.96. The highest BCUT2D eigenvalue weighted by atomic mass is 17.2. The molecule has 72 valence electrons. The zero-order chi connectivity index (χ0) is 9.90. The van der Waals surface area contributed by atoms with Gasteiger partial charge >= 0.3 is 5.97 Å². The van der Waals surface area contributed by atoms with Gasteiger partial charge in [-0.2, -0.15) is 4.89 Å². The predicted molar refractivity (Wildman–Crippen MR) is 47.0 cm³/mol. The first-order chi connectivity index (χ1) is 5.99. The molecule has 0 saturated heterocycles. The van der Waals surface area contributed by atoms with Crippen molar-refractivity contribution in [3.63, 3.8) is 0 Å². The Kier molecular flexibility index (Phi) is 2.72. The van der Waals surface area contributed by atoms with Gasteiger partial charge in [-0.15, -0.1) is 0 Å². The fourth-order valence-corrected chi connectivity index (χ4v) is 0.665. The van der Waals surface area contributed by atoms with E-state index in [0.29, 0.717) is 5.69 Å². The third kappa shape index (κ3) is 3.29. The fraction of sp³-hybridized carbons (Fsp3) is 0.444. The van der Waals surface area contributed by atoms with Gasteiger partial charge in [0.25, 0.3) is 0 Å². The van der Waals surface area contributed by atoms with Crippen LogP contribution in [0.1, 0.15) is 31.3 Å². The summed E-state index contributed by atoms with van der Waals surface area (Å²) in [6.07, 6.45) is 1.65. The third-order valence-electron chi connectivity index (χ3n) is 1.19. The van der Waals surface area contributed by atoms with E-state index in [1.165, 1.54) is 0 Å². The Morgan fingerprint density at radius 3 is 2.62 bits per heavy atom. The van der Waals surface area contributed by atoms with Crippen molar-refractivity contribution in [2.45, 2.75) is 26.4 Å². The number of hydrogen-bond acceptors (Lipinski definition) is 3. The zero-order valence-electron chi connectivity index (χ0n) is 7.96. The smallest absolute Gasteiger partial charge is 0.356 e. The Balaban J connectivity index is 2.44. The highest BCUT2D eigenvalue weighted by Gasteiger charge is 2.16. The highest BCUT2D eigenvalue weighted by Crippen LogP contribution is 2.08. The monoisotopic (exact) mass is 183 g/mol. The summed E-state index contributed by atoms with van der Waals surface area (Å²) in [6, 6.07) is 3.34. The van der Waals surface area contributed by atoms with Crippen molar-refractivity contribution >= 4 is 5.97 Å². The van der Waals surface area contributed by atoms with Crippen LogP contribution >= 0.6 is 0 Å². The lowest BCUT2D eigenvalue weighted by Gasteiger charge is -2.15. The summed E-state index contributed by atoms with van der Waals surface area (Å²) in [5.74, 6) is -0.514. The topological polar surface area (TPSA) is 51.3 Å². The Morgan fingerprint density at radius 2 is 2.15 bits per heavy atom. The van der Waals surface area contributed by atoms with Crippen molar-refractivity contribution in [3.8, 4) is 0 Å². The molecular weight excluding hydrogens is 170 g/mol. The predicted octanol–water partition coefficient (Wildman–Crippen LogP) is 1.90. The maximum absolute atomic E-state index is 11.2. The molecule has 0 fully saturated rings. The second-order valence-corrected chi connectivity index (χ2v) is 3.65. The number of rotatable bonds is 2. The van der Waals surface area contributed by atoms with Gasteiger partial charge in [0.1, 0.15) is 11.3 Å². The molecule has 0 aliphatic heterocycles. The molecule has 4 heteroatoms. The summed E-state index contributed by atoms with van der Waals surface area (Å²) < 4.78 is 0. The van der Waals surface area contributed by atoms with Crippen LogP contribution in [0.25, 0.3) is 0 Å². The van der Waals surface area contributed by atoms with Crippen molar-refractivity contribution in [1.29, 1.82) is 0 Å². The fourth-order valence-electron chi connectivity index (χ4n) is 0.665. The van der Waals surface area contributed by atoms with E-state index in [-0.39, 0.29) is 0 Å². The third-order valence-corrected chi connectivity index (χ3v) is 1.19. The van der Waals surface area contributed by atoms with E-state index in [1.807, 2.05) is 0 Å². The summed E-state index contributed by atoms with van der Waals surface area (Å²) in [5, 5.41) is 0. The molecule has 0 spiro atoms. The van der Waals surface area contributed by atoms with Gasteiger partial charge in [0.15, 0.2) is 0 Å². The van der Waals surface area contributed by atoms with Crippen molar-refractivity contribution in [2.75, 3.05) is 0 Å². The first-order valence-electron chi connectivity index (χ1n) is 4.02. The van der Waals surface area contributed by atoms with Gasteiger partial charge in [-0.05, 0) is 32.9 Å². The van der Waals surface area contributed by atoms with E-state index >= 15 is 0 Å². The van der Waals surface area contributed by atoms with Crippen molar-refractivity contribution in [3.05, 3.63) is 24.0 Å². The lowest BCUT2D eigenvalue weighted by atomic mass is 10.2. The van der Waals surface area contributed by atoms with E-state index in [1.54, 1.807) is 39.1 Å². The van der Waals surface area contributed by atoms with Gasteiger partial charge in [0.2, 0.25) is 0 Å². The Labute approximate surface area is 76.8 Å². The van der Waals surface area contributed by atoms with Gasteiger partial charge in [0, 0.05) is 6.20 Å². The Morgan fingerprint density at radius 1 is 1.46 bits per heavy atom. The van der Waals surface area contributed by atoms with E-state index in [9.17, 15) is 4.79 Å². The van der Waals surface area contributed by atoms with Crippen molar-refractivity contribution < 1.29 is 14.6 Å².